The van der Waals surface area contributed by atoms with Gasteiger partial charge in [0.2, 0.25) is 15.9 Å². The van der Waals surface area contributed by atoms with E-state index in [1.165, 1.54) is 4.31 Å². The summed E-state index contributed by atoms with van der Waals surface area (Å²) in [7, 11) is -3.56. The molecule has 0 radical (unpaired) electrons. The zero-order valence-electron chi connectivity index (χ0n) is 15.8. The van der Waals surface area contributed by atoms with Gasteiger partial charge in [0.1, 0.15) is 5.60 Å². The average molecular weight is 384 g/mol. The summed E-state index contributed by atoms with van der Waals surface area (Å²) in [5, 5.41) is 9.56. The quantitative estimate of drug-likeness (QED) is 0.731. The SMILES string of the molecule is C[C@H]1C[C@]2(CO)O[C@@H]2CC1C(=O)N1C2CC3CCC2(CS1(=O)=O)C3(C)C. The predicted octanol–water partition coefficient (Wildman–Crippen LogP) is 1.53. The van der Waals surface area contributed by atoms with E-state index < -0.39 is 15.6 Å². The van der Waals surface area contributed by atoms with Crippen molar-refractivity contribution in [2.75, 3.05) is 12.4 Å². The maximum absolute atomic E-state index is 13.4. The minimum absolute atomic E-state index is 0.0201. The second kappa shape index (κ2) is 4.84. The van der Waals surface area contributed by atoms with Crippen LogP contribution in [0.3, 0.4) is 0 Å². The molecule has 5 rings (SSSR count). The van der Waals surface area contributed by atoms with Gasteiger partial charge in [0, 0.05) is 11.3 Å². The smallest absolute Gasteiger partial charge is 0.239 e. The first-order chi connectivity index (χ1) is 12.1. The molecular formula is C19H29NO5S. The number of sulfonamides is 1. The van der Waals surface area contributed by atoms with E-state index in [0.717, 1.165) is 19.3 Å². The lowest BCUT2D eigenvalue weighted by Crippen LogP contribution is -2.49. The van der Waals surface area contributed by atoms with Gasteiger partial charge in [-0.2, -0.15) is 0 Å². The first kappa shape index (κ1) is 17.4. The van der Waals surface area contributed by atoms with E-state index in [-0.39, 0.29) is 53.1 Å². The third-order valence-corrected chi connectivity index (χ3v) is 10.9. The average Bonchev–Trinajstić information content (AvgIpc) is 3.07. The largest absolute Gasteiger partial charge is 0.393 e. The predicted molar refractivity (Wildman–Crippen MR) is 94.6 cm³/mol. The fourth-order valence-corrected chi connectivity index (χ4v) is 9.72. The number of aliphatic hydroxyl groups is 1. The summed E-state index contributed by atoms with van der Waals surface area (Å²) >= 11 is 0. The van der Waals surface area contributed by atoms with Crippen LogP contribution in [-0.2, 0) is 19.6 Å². The molecule has 2 heterocycles. The molecule has 1 amide bonds. The molecule has 2 saturated heterocycles. The molecule has 2 bridgehead atoms. The minimum atomic E-state index is -3.56. The van der Waals surface area contributed by atoms with Gasteiger partial charge in [0.15, 0.2) is 0 Å². The van der Waals surface area contributed by atoms with Crippen LogP contribution in [0, 0.1) is 28.6 Å². The van der Waals surface area contributed by atoms with Gasteiger partial charge in [-0.15, -0.1) is 0 Å². The molecule has 7 atom stereocenters. The van der Waals surface area contributed by atoms with Crippen LogP contribution in [0.4, 0.5) is 0 Å². The molecule has 1 N–H and O–H groups in total. The molecule has 6 nitrogen and oxygen atoms in total. The lowest BCUT2D eigenvalue weighted by molar-refractivity contribution is -0.136. The normalized spacial score (nSPS) is 52.6. The number of fused-ring (bicyclic) bond motifs is 2. The van der Waals surface area contributed by atoms with Crippen LogP contribution in [0.1, 0.15) is 52.9 Å². The lowest BCUT2D eigenvalue weighted by Gasteiger charge is -2.38. The number of hydrogen-bond acceptors (Lipinski definition) is 5. The van der Waals surface area contributed by atoms with Crippen molar-refractivity contribution in [2.24, 2.45) is 28.6 Å². The summed E-state index contributed by atoms with van der Waals surface area (Å²) in [4.78, 5) is 13.4. The van der Waals surface area contributed by atoms with Crippen molar-refractivity contribution in [1.29, 1.82) is 0 Å². The summed E-state index contributed by atoms with van der Waals surface area (Å²) in [5.41, 5.74) is -0.770. The highest BCUT2D eigenvalue weighted by atomic mass is 32.2. The van der Waals surface area contributed by atoms with Crippen LogP contribution in [0.15, 0.2) is 0 Å². The van der Waals surface area contributed by atoms with Crippen molar-refractivity contribution >= 4 is 15.9 Å². The molecule has 3 aliphatic carbocycles. The molecule has 5 fully saturated rings. The Balaban J connectivity index is 1.46. The fraction of sp³-hybridized carbons (Fsp3) is 0.947. The summed E-state index contributed by atoms with van der Waals surface area (Å²) in [5.74, 6) is 0.114. The first-order valence-electron chi connectivity index (χ1n) is 9.93. The molecule has 0 aromatic carbocycles. The number of nitrogens with zero attached hydrogens (tertiary/aromatic N) is 1. The van der Waals surface area contributed by atoms with Crippen LogP contribution in [0.2, 0.25) is 0 Å². The van der Waals surface area contributed by atoms with Crippen molar-refractivity contribution in [2.45, 2.75) is 70.6 Å². The highest BCUT2D eigenvalue weighted by Crippen LogP contribution is 2.70. The van der Waals surface area contributed by atoms with E-state index in [2.05, 4.69) is 13.8 Å². The number of hydrogen-bond donors (Lipinski definition) is 1. The highest BCUT2D eigenvalue weighted by Gasteiger charge is 2.73. The van der Waals surface area contributed by atoms with Crippen LogP contribution in [0.5, 0.6) is 0 Å². The number of epoxide rings is 1. The molecule has 0 aromatic rings. The summed E-state index contributed by atoms with van der Waals surface area (Å²) in [6.45, 7) is 6.36. The molecule has 1 spiro atoms. The van der Waals surface area contributed by atoms with Crippen molar-refractivity contribution in [3.63, 3.8) is 0 Å². The zero-order valence-corrected chi connectivity index (χ0v) is 16.6. The Kier molecular flexibility index (Phi) is 3.25. The summed E-state index contributed by atoms with van der Waals surface area (Å²) < 4.78 is 33.1. The lowest BCUT2D eigenvalue weighted by atomic mass is 9.68. The number of aliphatic hydroxyl groups excluding tert-OH is 1. The number of ether oxygens (including phenoxy) is 1. The Bertz CT molecular complexity index is 779. The molecule has 4 unspecified atom stereocenters. The van der Waals surface area contributed by atoms with Gasteiger partial charge in [0.25, 0.3) is 0 Å². The van der Waals surface area contributed by atoms with E-state index in [9.17, 15) is 18.3 Å². The van der Waals surface area contributed by atoms with Crippen molar-refractivity contribution < 1.29 is 23.1 Å². The molecule has 5 aliphatic rings. The molecule has 2 aliphatic heterocycles. The molecule has 3 saturated carbocycles. The van der Waals surface area contributed by atoms with Crippen LogP contribution in [-0.4, -0.2) is 53.8 Å². The third-order valence-electron chi connectivity index (χ3n) is 8.94. The van der Waals surface area contributed by atoms with E-state index in [0.29, 0.717) is 18.8 Å². The Hall–Kier alpha value is -0.660. The highest BCUT2D eigenvalue weighted by molar-refractivity contribution is 7.90. The number of rotatable bonds is 2. The summed E-state index contributed by atoms with van der Waals surface area (Å²) in [6, 6.07) is -0.161. The molecule has 0 aromatic heterocycles. The number of carbonyl (C=O) groups is 1. The van der Waals surface area contributed by atoms with Gasteiger partial charge in [-0.25, -0.2) is 12.7 Å². The van der Waals surface area contributed by atoms with E-state index in [1.54, 1.807) is 0 Å². The van der Waals surface area contributed by atoms with E-state index in [4.69, 9.17) is 4.74 Å². The second-order valence-electron chi connectivity index (χ2n) is 10.1. The molecule has 26 heavy (non-hydrogen) atoms. The van der Waals surface area contributed by atoms with Crippen molar-refractivity contribution in [3.8, 4) is 0 Å². The maximum Gasteiger partial charge on any atom is 0.239 e. The van der Waals surface area contributed by atoms with Gasteiger partial charge in [-0.1, -0.05) is 20.8 Å². The van der Waals surface area contributed by atoms with Gasteiger partial charge in [-0.05, 0) is 49.4 Å². The van der Waals surface area contributed by atoms with Gasteiger partial charge in [0.05, 0.1) is 24.5 Å². The first-order valence-corrected chi connectivity index (χ1v) is 11.5. The topological polar surface area (TPSA) is 87.2 Å². The Labute approximate surface area is 155 Å². The van der Waals surface area contributed by atoms with E-state index in [1.807, 2.05) is 6.92 Å². The van der Waals surface area contributed by atoms with Crippen molar-refractivity contribution in [3.05, 3.63) is 0 Å². The van der Waals surface area contributed by atoms with Crippen molar-refractivity contribution in [1.82, 2.24) is 4.31 Å². The maximum atomic E-state index is 13.4. The monoisotopic (exact) mass is 383 g/mol. The Morgan fingerprint density at radius 2 is 2.04 bits per heavy atom. The molecular weight excluding hydrogens is 354 g/mol. The Morgan fingerprint density at radius 3 is 2.69 bits per heavy atom. The van der Waals surface area contributed by atoms with Crippen LogP contribution < -0.4 is 0 Å². The van der Waals surface area contributed by atoms with Crippen LogP contribution in [0.25, 0.3) is 0 Å². The van der Waals surface area contributed by atoms with Crippen LogP contribution >= 0.6 is 0 Å². The molecule has 7 heteroatoms. The Morgan fingerprint density at radius 1 is 1.31 bits per heavy atom. The minimum Gasteiger partial charge on any atom is -0.393 e. The summed E-state index contributed by atoms with van der Waals surface area (Å²) in [6.07, 6.45) is 3.86. The van der Waals surface area contributed by atoms with E-state index >= 15 is 0 Å². The van der Waals surface area contributed by atoms with Gasteiger partial charge < -0.3 is 9.84 Å². The number of amides is 1. The van der Waals surface area contributed by atoms with Gasteiger partial charge in [-0.3, -0.25) is 4.79 Å². The second-order valence-corrected chi connectivity index (χ2v) is 12.0. The molecule has 146 valence electrons. The number of carbonyl (C=O) groups excluding carboxylic acids is 1. The standard InChI is InChI=1S/C19H29NO5S/c1-11-8-19(9-21)15(25-19)7-13(11)16(22)20-14-6-12-4-5-18(14,17(12,2)3)10-26(20,23)24/h11-15,21H,4-10H2,1-3H3/t11-,12?,13?,14?,15+,18?,19+/m0/s1. The third kappa shape index (κ3) is 1.85. The van der Waals surface area contributed by atoms with Gasteiger partial charge >= 0.3 is 0 Å². The fourth-order valence-electron chi connectivity index (χ4n) is 7.13. The zero-order chi connectivity index (χ0) is 18.7.